The number of hydrogen-bond acceptors (Lipinski definition) is 3. The molecule has 1 spiro atoms. The van der Waals surface area contributed by atoms with Crippen LogP contribution in [0.4, 0.5) is 0 Å². The van der Waals surface area contributed by atoms with E-state index in [4.69, 9.17) is 0 Å². The van der Waals surface area contributed by atoms with Gasteiger partial charge in [0.1, 0.15) is 0 Å². The molecule has 0 radical (unpaired) electrons. The molecule has 132 valence electrons. The molecule has 1 aromatic heterocycles. The van der Waals surface area contributed by atoms with Crippen LogP contribution in [0.3, 0.4) is 0 Å². The van der Waals surface area contributed by atoms with E-state index in [9.17, 15) is 9.59 Å². The number of aromatic amines is 1. The first-order valence-electron chi connectivity index (χ1n) is 9.11. The summed E-state index contributed by atoms with van der Waals surface area (Å²) in [5, 5.41) is 6.98. The van der Waals surface area contributed by atoms with Crippen LogP contribution in [0.1, 0.15) is 62.5 Å². The van der Waals surface area contributed by atoms with Gasteiger partial charge in [-0.1, -0.05) is 13.3 Å². The molecule has 0 aromatic carbocycles. The first-order valence-corrected chi connectivity index (χ1v) is 9.11. The Morgan fingerprint density at radius 2 is 2.17 bits per heavy atom. The molecule has 0 unspecified atom stereocenters. The normalized spacial score (nSPS) is 24.4. The predicted molar refractivity (Wildman–Crippen MR) is 91.6 cm³/mol. The summed E-state index contributed by atoms with van der Waals surface area (Å²) in [6.45, 7) is 8.27. The van der Waals surface area contributed by atoms with Gasteiger partial charge < -0.3 is 9.80 Å². The van der Waals surface area contributed by atoms with Gasteiger partial charge in [0, 0.05) is 31.4 Å². The Bertz CT molecular complexity index is 624. The minimum Gasteiger partial charge on any atom is -0.340 e. The van der Waals surface area contributed by atoms with Gasteiger partial charge in [0.05, 0.1) is 17.2 Å². The molecular weight excluding hydrogens is 304 g/mol. The number of carbonyl (C=O) groups excluding carboxylic acids is 2. The molecule has 2 aliphatic heterocycles. The second kappa shape index (κ2) is 6.57. The smallest absolute Gasteiger partial charge is 0.257 e. The van der Waals surface area contributed by atoms with Crippen molar-refractivity contribution in [2.45, 2.75) is 58.9 Å². The number of nitrogens with one attached hydrogen (secondary N) is 1. The van der Waals surface area contributed by atoms with Crippen LogP contribution in [0.25, 0.3) is 0 Å². The topological polar surface area (TPSA) is 69.3 Å². The highest BCUT2D eigenvalue weighted by atomic mass is 16.2. The number of rotatable bonds is 4. The monoisotopic (exact) mass is 332 g/mol. The lowest BCUT2D eigenvalue weighted by Crippen LogP contribution is -2.52. The fourth-order valence-electron chi connectivity index (χ4n) is 4.13. The van der Waals surface area contributed by atoms with Gasteiger partial charge in [-0.2, -0.15) is 5.10 Å². The second-order valence-corrected chi connectivity index (χ2v) is 7.47. The van der Waals surface area contributed by atoms with Crippen molar-refractivity contribution >= 4 is 11.8 Å². The summed E-state index contributed by atoms with van der Waals surface area (Å²) in [6.07, 6.45) is 6.11. The standard InChI is InChI=1S/C18H28N4O2/c1-4-6-15-14(11-19-20-15)16(23)21-10-8-18(12-21)7-5-9-22(13(2)3)17(18)24/h11,13H,4-10,12H2,1-3H3,(H,19,20)/t18-/m1/s1. The third kappa shape index (κ3) is 2.82. The Balaban J connectivity index is 1.76. The first kappa shape index (κ1) is 17.0. The van der Waals surface area contributed by atoms with E-state index < -0.39 is 0 Å². The van der Waals surface area contributed by atoms with Gasteiger partial charge in [-0.3, -0.25) is 14.7 Å². The van der Waals surface area contributed by atoms with E-state index in [1.807, 2.05) is 9.80 Å². The van der Waals surface area contributed by atoms with E-state index in [0.29, 0.717) is 18.7 Å². The molecule has 0 aliphatic carbocycles. The maximum Gasteiger partial charge on any atom is 0.257 e. The summed E-state index contributed by atoms with van der Waals surface area (Å²) >= 11 is 0. The quantitative estimate of drug-likeness (QED) is 0.919. The number of aryl methyl sites for hydroxylation is 1. The van der Waals surface area contributed by atoms with E-state index >= 15 is 0 Å². The summed E-state index contributed by atoms with van der Waals surface area (Å²) < 4.78 is 0. The van der Waals surface area contributed by atoms with Crippen molar-refractivity contribution < 1.29 is 9.59 Å². The Kier molecular flexibility index (Phi) is 4.65. The molecule has 6 nitrogen and oxygen atoms in total. The Labute approximate surface area is 143 Å². The summed E-state index contributed by atoms with van der Waals surface area (Å²) in [6, 6.07) is 0.226. The van der Waals surface area contributed by atoms with Gasteiger partial charge in [-0.25, -0.2) is 0 Å². The molecule has 2 amide bonds. The van der Waals surface area contributed by atoms with Crippen molar-refractivity contribution in [2.24, 2.45) is 5.41 Å². The Morgan fingerprint density at radius 1 is 1.38 bits per heavy atom. The fraction of sp³-hybridized carbons (Fsp3) is 0.722. The second-order valence-electron chi connectivity index (χ2n) is 7.47. The van der Waals surface area contributed by atoms with Crippen LogP contribution in [-0.4, -0.2) is 57.5 Å². The van der Waals surface area contributed by atoms with Crippen LogP contribution in [0.5, 0.6) is 0 Å². The van der Waals surface area contributed by atoms with Crippen LogP contribution in [0.15, 0.2) is 6.20 Å². The van der Waals surface area contributed by atoms with Crippen molar-refractivity contribution in [3.05, 3.63) is 17.5 Å². The number of aromatic nitrogens is 2. The maximum atomic E-state index is 13.0. The molecular formula is C18H28N4O2. The molecule has 1 N–H and O–H groups in total. The minimum atomic E-state index is -0.368. The van der Waals surface area contributed by atoms with E-state index in [2.05, 4.69) is 31.0 Å². The number of piperidine rings is 1. The van der Waals surface area contributed by atoms with Crippen LogP contribution in [0.2, 0.25) is 0 Å². The van der Waals surface area contributed by atoms with E-state index in [1.54, 1.807) is 6.20 Å². The number of hydrogen-bond donors (Lipinski definition) is 1. The number of amides is 2. The summed E-state index contributed by atoms with van der Waals surface area (Å²) in [7, 11) is 0. The van der Waals surface area contributed by atoms with Gasteiger partial charge in [0.2, 0.25) is 5.91 Å². The molecule has 1 aromatic rings. The van der Waals surface area contributed by atoms with Gasteiger partial charge >= 0.3 is 0 Å². The third-order valence-corrected chi connectivity index (χ3v) is 5.48. The van der Waals surface area contributed by atoms with Gasteiger partial charge in [-0.05, 0) is 39.5 Å². The van der Waals surface area contributed by atoms with E-state index in [0.717, 1.165) is 44.3 Å². The third-order valence-electron chi connectivity index (χ3n) is 5.48. The van der Waals surface area contributed by atoms with Crippen LogP contribution >= 0.6 is 0 Å². The largest absolute Gasteiger partial charge is 0.340 e. The molecule has 3 heterocycles. The van der Waals surface area contributed by atoms with Crippen molar-refractivity contribution in [1.82, 2.24) is 20.0 Å². The number of likely N-dealkylation sites (tertiary alicyclic amines) is 2. The number of nitrogens with zero attached hydrogens (tertiary/aromatic N) is 3. The Morgan fingerprint density at radius 3 is 2.88 bits per heavy atom. The first-order chi connectivity index (χ1) is 11.5. The molecule has 0 saturated carbocycles. The highest BCUT2D eigenvalue weighted by Gasteiger charge is 2.50. The fourth-order valence-corrected chi connectivity index (χ4v) is 4.13. The van der Waals surface area contributed by atoms with Gasteiger partial charge in [-0.15, -0.1) is 0 Å². The number of carbonyl (C=O) groups is 2. The average molecular weight is 332 g/mol. The highest BCUT2D eigenvalue weighted by Crippen LogP contribution is 2.41. The zero-order valence-corrected chi connectivity index (χ0v) is 15.0. The average Bonchev–Trinajstić information content (AvgIpc) is 3.18. The molecule has 2 aliphatic rings. The van der Waals surface area contributed by atoms with Crippen LogP contribution < -0.4 is 0 Å². The van der Waals surface area contributed by atoms with Crippen LogP contribution in [0, 0.1) is 5.41 Å². The highest BCUT2D eigenvalue weighted by molar-refractivity contribution is 5.96. The van der Waals surface area contributed by atoms with E-state index in [1.165, 1.54) is 0 Å². The molecule has 0 bridgehead atoms. The molecule has 2 saturated heterocycles. The maximum absolute atomic E-state index is 13.0. The van der Waals surface area contributed by atoms with Crippen molar-refractivity contribution in [2.75, 3.05) is 19.6 Å². The Hall–Kier alpha value is -1.85. The SMILES string of the molecule is CCCc1[nH]ncc1C(=O)N1CC[C@]2(CCCN(C(C)C)C2=O)C1. The molecule has 1 atom stereocenters. The molecule has 6 heteroatoms. The predicted octanol–water partition coefficient (Wildman–Crippen LogP) is 2.23. The van der Waals surface area contributed by atoms with Crippen molar-refractivity contribution in [3.63, 3.8) is 0 Å². The zero-order valence-electron chi connectivity index (χ0n) is 15.0. The van der Waals surface area contributed by atoms with Gasteiger partial charge in [0.15, 0.2) is 0 Å². The van der Waals surface area contributed by atoms with Crippen molar-refractivity contribution in [3.8, 4) is 0 Å². The van der Waals surface area contributed by atoms with Gasteiger partial charge in [0.25, 0.3) is 5.91 Å². The lowest BCUT2D eigenvalue weighted by Gasteiger charge is -2.41. The minimum absolute atomic E-state index is 0.0125. The van der Waals surface area contributed by atoms with Crippen molar-refractivity contribution in [1.29, 1.82) is 0 Å². The van der Waals surface area contributed by atoms with E-state index in [-0.39, 0.29) is 23.3 Å². The summed E-state index contributed by atoms with van der Waals surface area (Å²) in [4.78, 5) is 29.7. The van der Waals surface area contributed by atoms with Crippen LogP contribution in [-0.2, 0) is 11.2 Å². The molecule has 24 heavy (non-hydrogen) atoms. The lowest BCUT2D eigenvalue weighted by atomic mass is 9.78. The summed E-state index contributed by atoms with van der Waals surface area (Å²) in [5.41, 5.74) is 1.20. The molecule has 2 fully saturated rings. The lowest BCUT2D eigenvalue weighted by molar-refractivity contribution is -0.147. The number of H-pyrrole nitrogens is 1. The summed E-state index contributed by atoms with van der Waals surface area (Å²) in [5.74, 6) is 0.249. The zero-order chi connectivity index (χ0) is 17.3. The molecule has 3 rings (SSSR count).